The van der Waals surface area contributed by atoms with Crippen molar-refractivity contribution in [2.45, 2.75) is 92.1 Å². The Hall–Kier alpha value is -12.1. The molecule has 0 radical (unpaired) electrons. The maximum atomic E-state index is 15.2. The minimum absolute atomic E-state index is 0.0161. The molecule has 3 saturated heterocycles. The van der Waals surface area contributed by atoms with Crippen molar-refractivity contribution in [1.82, 2.24) is 0 Å². The number of aliphatic hydroxyl groups excluding tert-OH is 2. The Morgan fingerprint density at radius 1 is 0.236 bits per heavy atom. The van der Waals surface area contributed by atoms with Gasteiger partial charge in [-0.05, 0) is 109 Å². The van der Waals surface area contributed by atoms with Gasteiger partial charge >= 0.3 is 53.7 Å². The third-order valence-electron chi connectivity index (χ3n) is 17.1. The van der Waals surface area contributed by atoms with E-state index in [4.69, 9.17) is 66.3 Å². The number of ether oxygens (including phenoxy) is 14. The molecule has 0 aliphatic carbocycles. The average Bonchev–Trinajstić information content (AvgIpc) is 0.758. The molecule has 542 valence electrons. The number of benzene rings is 9. The van der Waals surface area contributed by atoms with Gasteiger partial charge in [0.2, 0.25) is 0 Å². The van der Waals surface area contributed by atoms with Crippen LogP contribution in [0.25, 0.3) is 0 Å². The summed E-state index contributed by atoms with van der Waals surface area (Å²) in [4.78, 5) is 130. The molecule has 15 atom stereocenters. The summed E-state index contributed by atoms with van der Waals surface area (Å²) in [6.45, 7) is -2.57. The number of carbonyl (C=O) groups is 9. The van der Waals surface area contributed by atoms with E-state index in [0.29, 0.717) is 0 Å². The molecule has 106 heavy (non-hydrogen) atoms. The van der Waals surface area contributed by atoms with Gasteiger partial charge in [0, 0.05) is 0 Å². The highest BCUT2D eigenvalue weighted by Gasteiger charge is 2.60. The zero-order chi connectivity index (χ0) is 73.9. The standard InChI is InChI=1S/C81H68O25/c82-61-62(99-73(86)52-34-16-4-17-35-52)58(46-93-70(83)49-28-10-1-11-29-49)97-80(65(61)102-76(89)55-40-22-7-23-41-55)105-67-64(101-75(88)54-38-20-6-21-39-54)60(48-95-72(85)51-32-14-3-15-33-51)98-81(69(67)104-78(91)57-44-26-9-27-45-57)106-68-66(103-77(90)56-42-24-8-25-43-56)63(100-74(87)53-36-18-5-19-37-53)59(96-79(68)92)47-94-71(84)50-30-12-2-13-31-50/h1-45,58-69,79-82,92H,46-48H2/t58?,59?,60?,61-,62+,63+,64+,65?,66-,67-,68?,69?,79-,80+,81+/m0/s1. The molecule has 3 fully saturated rings. The van der Waals surface area contributed by atoms with Crippen molar-refractivity contribution in [2.24, 2.45) is 0 Å². The predicted octanol–water partition coefficient (Wildman–Crippen LogP) is 9.21. The van der Waals surface area contributed by atoms with E-state index in [1.165, 1.54) is 170 Å². The SMILES string of the molecule is O=C(OCC1O[C@H](O[C@@H]2C(OC(=O)c3ccccc3)[C@@H](OC3[C@@H](OC(=O)c4ccccc4)[C@H](OC(=O)c4ccccc4)C(COC(=O)c4ccccc4)O[C@@H]3O)OC(COC(=O)c3ccccc3)[C@H]2OC(=O)c2ccccc2)C(OC(=O)c2ccccc2)[C@@H](O)[C@@H]1OC(=O)c1ccccc1)c1ccccc1. The molecule has 0 bridgehead atoms. The minimum atomic E-state index is -2.37. The Morgan fingerprint density at radius 2 is 0.453 bits per heavy atom. The highest BCUT2D eigenvalue weighted by molar-refractivity contribution is 5.94. The first-order valence-corrected chi connectivity index (χ1v) is 33.5. The van der Waals surface area contributed by atoms with Gasteiger partial charge in [0.25, 0.3) is 0 Å². The van der Waals surface area contributed by atoms with Crippen LogP contribution in [0.3, 0.4) is 0 Å². The fourth-order valence-electron chi connectivity index (χ4n) is 11.8. The summed E-state index contributed by atoms with van der Waals surface area (Å²) in [5, 5.41) is 25.7. The normalized spacial score (nSPS) is 23.9. The fourth-order valence-corrected chi connectivity index (χ4v) is 11.8. The molecule has 2 N–H and O–H groups in total. The number of esters is 9. The molecule has 25 nitrogen and oxygen atoms in total. The molecular weight excluding hydrogens is 1370 g/mol. The minimum Gasteiger partial charge on any atom is -0.459 e. The second-order valence-electron chi connectivity index (χ2n) is 24.2. The average molecular weight is 1440 g/mol. The lowest BCUT2D eigenvalue weighted by atomic mass is 9.95. The highest BCUT2D eigenvalue weighted by Crippen LogP contribution is 2.39. The number of rotatable bonds is 25. The first-order valence-electron chi connectivity index (χ1n) is 33.5. The van der Waals surface area contributed by atoms with Gasteiger partial charge in [-0.15, -0.1) is 0 Å². The van der Waals surface area contributed by atoms with E-state index in [-0.39, 0.29) is 50.1 Å². The lowest BCUT2D eigenvalue weighted by molar-refractivity contribution is -0.380. The van der Waals surface area contributed by atoms with Gasteiger partial charge in [0.05, 0.1) is 50.1 Å². The van der Waals surface area contributed by atoms with Crippen molar-refractivity contribution in [1.29, 1.82) is 0 Å². The van der Waals surface area contributed by atoms with Crippen LogP contribution in [0.5, 0.6) is 0 Å². The van der Waals surface area contributed by atoms with Crippen molar-refractivity contribution < 1.29 is 120 Å². The maximum Gasteiger partial charge on any atom is 0.338 e. The number of hydrogen-bond donors (Lipinski definition) is 2. The van der Waals surface area contributed by atoms with Crippen molar-refractivity contribution >= 4 is 53.7 Å². The molecule has 25 heteroatoms. The van der Waals surface area contributed by atoms with Crippen molar-refractivity contribution in [3.05, 3.63) is 323 Å². The summed E-state index contributed by atoms with van der Waals surface area (Å²) in [6.07, 6.45) is -31.6. The Bertz CT molecular complexity index is 4430. The molecule has 3 heterocycles. The molecule has 0 aromatic heterocycles. The summed E-state index contributed by atoms with van der Waals surface area (Å²) in [7, 11) is 0. The van der Waals surface area contributed by atoms with E-state index >= 15 is 4.79 Å². The zero-order valence-electron chi connectivity index (χ0n) is 56.0. The van der Waals surface area contributed by atoms with E-state index < -0.39 is 166 Å². The van der Waals surface area contributed by atoms with Crippen molar-refractivity contribution in [3.8, 4) is 0 Å². The van der Waals surface area contributed by atoms with E-state index in [2.05, 4.69) is 0 Å². The van der Waals surface area contributed by atoms with E-state index in [9.17, 15) is 48.6 Å². The Balaban J connectivity index is 1.02. The Labute approximate surface area is 605 Å². The summed E-state index contributed by atoms with van der Waals surface area (Å²) in [6, 6.07) is 67.8. The lowest BCUT2D eigenvalue weighted by Crippen LogP contribution is -2.68. The monoisotopic (exact) mass is 1440 g/mol. The van der Waals surface area contributed by atoms with Gasteiger partial charge in [0.1, 0.15) is 50.3 Å². The Kier molecular flexibility index (Phi) is 24.6. The molecular formula is C81H68O25. The number of carbonyl (C=O) groups excluding carboxylic acids is 9. The zero-order valence-corrected chi connectivity index (χ0v) is 56.0. The highest BCUT2D eigenvalue weighted by atomic mass is 16.8. The molecule has 9 aromatic carbocycles. The van der Waals surface area contributed by atoms with Gasteiger partial charge in [-0.2, -0.15) is 0 Å². The van der Waals surface area contributed by atoms with Crippen LogP contribution in [0.2, 0.25) is 0 Å². The molecule has 0 spiro atoms. The van der Waals surface area contributed by atoms with Gasteiger partial charge in [-0.3, -0.25) is 0 Å². The Morgan fingerprint density at radius 3 is 0.764 bits per heavy atom. The van der Waals surface area contributed by atoms with Crippen LogP contribution in [0.1, 0.15) is 93.2 Å². The van der Waals surface area contributed by atoms with Gasteiger partial charge in [0.15, 0.2) is 61.6 Å². The first-order chi connectivity index (χ1) is 51.6. The molecule has 12 rings (SSSR count). The van der Waals surface area contributed by atoms with E-state index in [0.717, 1.165) is 0 Å². The summed E-state index contributed by atoms with van der Waals surface area (Å²) in [5.41, 5.74) is -0.284. The first kappa shape index (κ1) is 73.7. The van der Waals surface area contributed by atoms with Crippen LogP contribution < -0.4 is 0 Å². The van der Waals surface area contributed by atoms with Crippen LogP contribution in [-0.4, -0.2) is 176 Å². The van der Waals surface area contributed by atoms with Crippen molar-refractivity contribution in [3.63, 3.8) is 0 Å². The van der Waals surface area contributed by atoms with Gasteiger partial charge in [-0.25, -0.2) is 43.2 Å². The third-order valence-corrected chi connectivity index (χ3v) is 17.1. The molecule has 3 aliphatic heterocycles. The second kappa shape index (κ2) is 35.4. The summed E-state index contributed by atoms with van der Waals surface area (Å²) >= 11 is 0. The summed E-state index contributed by atoms with van der Waals surface area (Å²) < 4.78 is 88.9. The molecule has 6 unspecified atom stereocenters. The van der Waals surface area contributed by atoms with Crippen LogP contribution in [0, 0.1) is 0 Å². The van der Waals surface area contributed by atoms with Crippen molar-refractivity contribution in [2.75, 3.05) is 19.8 Å². The third kappa shape index (κ3) is 18.5. The molecule has 0 saturated carbocycles. The quantitative estimate of drug-likeness (QED) is 0.0397. The van der Waals surface area contributed by atoms with Crippen LogP contribution in [0.15, 0.2) is 273 Å². The van der Waals surface area contributed by atoms with E-state index in [1.54, 1.807) is 103 Å². The lowest BCUT2D eigenvalue weighted by Gasteiger charge is -2.50. The van der Waals surface area contributed by atoms with Gasteiger partial charge < -0.3 is 76.5 Å². The predicted molar refractivity (Wildman–Crippen MR) is 368 cm³/mol. The van der Waals surface area contributed by atoms with Crippen LogP contribution in [-0.2, 0) is 66.3 Å². The second-order valence-corrected chi connectivity index (χ2v) is 24.2. The fraction of sp³-hybridized carbons (Fsp3) is 0.222. The number of hydrogen-bond acceptors (Lipinski definition) is 25. The summed E-state index contributed by atoms with van der Waals surface area (Å²) in [5.74, 6) is -9.38. The smallest absolute Gasteiger partial charge is 0.338 e. The maximum absolute atomic E-state index is 15.2. The van der Waals surface area contributed by atoms with Crippen LogP contribution >= 0.6 is 0 Å². The topological polar surface area (TPSA) is 323 Å². The van der Waals surface area contributed by atoms with Gasteiger partial charge in [-0.1, -0.05) is 164 Å². The van der Waals surface area contributed by atoms with Crippen LogP contribution in [0.4, 0.5) is 0 Å². The largest absolute Gasteiger partial charge is 0.459 e. The van der Waals surface area contributed by atoms with E-state index in [1.807, 2.05) is 0 Å². The molecule has 0 amide bonds. The number of aliphatic hydroxyl groups is 2. The molecule has 9 aromatic rings. The molecule has 3 aliphatic rings.